The van der Waals surface area contributed by atoms with E-state index in [0.29, 0.717) is 19.4 Å². The van der Waals surface area contributed by atoms with Gasteiger partial charge in [-0.1, -0.05) is 31.9 Å². The first-order valence-electron chi connectivity index (χ1n) is 7.79. The lowest BCUT2D eigenvalue weighted by atomic mass is 9.95. The van der Waals surface area contributed by atoms with E-state index in [0.717, 1.165) is 24.8 Å². The Kier molecular flexibility index (Phi) is 8.18. The van der Waals surface area contributed by atoms with Crippen LogP contribution in [0.15, 0.2) is 24.3 Å². The maximum Gasteiger partial charge on any atom is 0.303 e. The highest BCUT2D eigenvalue weighted by Crippen LogP contribution is 2.20. The Morgan fingerprint density at radius 3 is 2.36 bits per heavy atom. The molecule has 0 aliphatic rings. The van der Waals surface area contributed by atoms with Gasteiger partial charge in [-0.15, -0.1) is 0 Å². The normalized spacial score (nSPS) is 11.9. The van der Waals surface area contributed by atoms with Gasteiger partial charge >= 0.3 is 5.97 Å². The zero-order chi connectivity index (χ0) is 16.4. The van der Waals surface area contributed by atoms with E-state index in [1.54, 1.807) is 12.1 Å². The number of halogens is 1. The Morgan fingerprint density at radius 1 is 1.14 bits per heavy atom. The first-order valence-corrected chi connectivity index (χ1v) is 7.79. The highest BCUT2D eigenvalue weighted by Gasteiger charge is 2.17. The van der Waals surface area contributed by atoms with Gasteiger partial charge in [-0.2, -0.15) is 0 Å². The van der Waals surface area contributed by atoms with Crippen molar-refractivity contribution in [3.05, 3.63) is 35.6 Å². The molecule has 1 atom stereocenters. The summed E-state index contributed by atoms with van der Waals surface area (Å²) >= 11 is 0. The number of hydrogen-bond acceptors (Lipinski definition) is 2. The Balaban J connectivity index is 2.28. The molecule has 1 unspecified atom stereocenters. The van der Waals surface area contributed by atoms with E-state index in [-0.39, 0.29) is 24.1 Å². The molecule has 1 rings (SSSR count). The van der Waals surface area contributed by atoms with Crippen LogP contribution in [0.25, 0.3) is 0 Å². The molecule has 1 amide bonds. The lowest BCUT2D eigenvalue weighted by Gasteiger charge is -2.15. The number of amides is 1. The molecule has 0 heterocycles. The molecule has 0 bridgehead atoms. The van der Waals surface area contributed by atoms with Crippen LogP contribution in [0.5, 0.6) is 0 Å². The van der Waals surface area contributed by atoms with Crippen molar-refractivity contribution in [1.82, 2.24) is 5.32 Å². The van der Waals surface area contributed by atoms with Gasteiger partial charge in [0.1, 0.15) is 5.82 Å². The summed E-state index contributed by atoms with van der Waals surface area (Å²) < 4.78 is 12.9. The Morgan fingerprint density at radius 2 is 1.77 bits per heavy atom. The zero-order valence-corrected chi connectivity index (χ0v) is 13.0. The average molecular weight is 309 g/mol. The summed E-state index contributed by atoms with van der Waals surface area (Å²) in [4.78, 5) is 22.5. The van der Waals surface area contributed by atoms with E-state index < -0.39 is 5.97 Å². The number of carbonyl (C=O) groups is 2. The summed E-state index contributed by atoms with van der Waals surface area (Å²) in [5.41, 5.74) is 0.822. The molecule has 0 radical (unpaired) electrons. The van der Waals surface area contributed by atoms with Gasteiger partial charge in [0.15, 0.2) is 0 Å². The van der Waals surface area contributed by atoms with Gasteiger partial charge in [0.2, 0.25) is 5.91 Å². The van der Waals surface area contributed by atoms with Crippen LogP contribution in [0.3, 0.4) is 0 Å². The van der Waals surface area contributed by atoms with Crippen molar-refractivity contribution in [2.24, 2.45) is 0 Å². The first-order chi connectivity index (χ1) is 10.5. The summed E-state index contributed by atoms with van der Waals surface area (Å²) in [5.74, 6) is -1.37. The van der Waals surface area contributed by atoms with E-state index in [4.69, 9.17) is 5.11 Å². The summed E-state index contributed by atoms with van der Waals surface area (Å²) in [6, 6.07) is 6.03. The monoisotopic (exact) mass is 309 g/mol. The number of hydrogen-bond donors (Lipinski definition) is 2. The van der Waals surface area contributed by atoms with Crippen LogP contribution in [-0.4, -0.2) is 23.5 Å². The number of carboxylic acid groups (broad SMARTS) is 1. The minimum absolute atomic E-state index is 0.0420. The largest absolute Gasteiger partial charge is 0.481 e. The van der Waals surface area contributed by atoms with Crippen LogP contribution < -0.4 is 5.32 Å². The number of benzene rings is 1. The summed E-state index contributed by atoms with van der Waals surface area (Å²) in [7, 11) is 0. The summed E-state index contributed by atoms with van der Waals surface area (Å²) in [6.45, 7) is 2.52. The molecular formula is C17H24FNO3. The van der Waals surface area contributed by atoms with E-state index in [1.165, 1.54) is 12.1 Å². The fourth-order valence-corrected chi connectivity index (χ4v) is 2.36. The number of carboxylic acids is 1. The first kappa shape index (κ1) is 18.1. The maximum absolute atomic E-state index is 12.9. The predicted molar refractivity (Wildman–Crippen MR) is 83.2 cm³/mol. The van der Waals surface area contributed by atoms with E-state index in [1.807, 2.05) is 6.92 Å². The molecule has 22 heavy (non-hydrogen) atoms. The second-order valence-corrected chi connectivity index (χ2v) is 5.36. The van der Waals surface area contributed by atoms with E-state index in [2.05, 4.69) is 5.32 Å². The molecule has 122 valence electrons. The Hall–Kier alpha value is -1.91. The molecule has 0 aliphatic heterocycles. The fourth-order valence-electron chi connectivity index (χ4n) is 2.36. The second-order valence-electron chi connectivity index (χ2n) is 5.36. The molecule has 1 aromatic carbocycles. The van der Waals surface area contributed by atoms with Crippen LogP contribution in [-0.2, 0) is 9.59 Å². The topological polar surface area (TPSA) is 66.4 Å². The number of rotatable bonds is 10. The average Bonchev–Trinajstić information content (AvgIpc) is 2.48. The number of aliphatic carboxylic acids is 1. The van der Waals surface area contributed by atoms with Crippen LogP contribution in [0.4, 0.5) is 4.39 Å². The minimum Gasteiger partial charge on any atom is -0.481 e. The van der Waals surface area contributed by atoms with Crippen molar-refractivity contribution >= 4 is 11.9 Å². The van der Waals surface area contributed by atoms with Crippen molar-refractivity contribution in [3.63, 3.8) is 0 Å². The lowest BCUT2D eigenvalue weighted by Crippen LogP contribution is -2.30. The SMILES string of the molecule is CCC(C(=O)NCCCCCCC(=O)O)c1ccc(F)cc1. The third-order valence-corrected chi connectivity index (χ3v) is 3.61. The molecule has 4 nitrogen and oxygen atoms in total. The predicted octanol–water partition coefficient (Wildman–Crippen LogP) is 3.47. The van der Waals surface area contributed by atoms with Gasteiger partial charge in [-0.25, -0.2) is 4.39 Å². The standard InChI is InChI=1S/C17H24FNO3/c1-2-15(13-8-10-14(18)11-9-13)17(22)19-12-6-4-3-5-7-16(20)21/h8-11,15H,2-7,12H2,1H3,(H,19,22)(H,20,21). The lowest BCUT2D eigenvalue weighted by molar-refractivity contribution is -0.137. The van der Waals surface area contributed by atoms with Gasteiger partial charge in [-0.05, 0) is 37.0 Å². The summed E-state index contributed by atoms with van der Waals surface area (Å²) in [5, 5.41) is 11.4. The molecule has 0 spiro atoms. The van der Waals surface area contributed by atoms with Crippen molar-refractivity contribution in [2.45, 2.75) is 51.4 Å². The quantitative estimate of drug-likeness (QED) is 0.650. The smallest absolute Gasteiger partial charge is 0.303 e. The fraction of sp³-hybridized carbons (Fsp3) is 0.529. The second kappa shape index (κ2) is 9.92. The molecule has 0 aliphatic carbocycles. The minimum atomic E-state index is -0.765. The van der Waals surface area contributed by atoms with Crippen LogP contribution in [0.2, 0.25) is 0 Å². The van der Waals surface area contributed by atoms with Crippen molar-refractivity contribution < 1.29 is 19.1 Å². The Labute approximate surface area is 130 Å². The van der Waals surface area contributed by atoms with Gasteiger partial charge in [-0.3, -0.25) is 9.59 Å². The number of nitrogens with one attached hydrogen (secondary N) is 1. The van der Waals surface area contributed by atoms with Gasteiger partial charge < -0.3 is 10.4 Å². The van der Waals surface area contributed by atoms with Crippen molar-refractivity contribution in [1.29, 1.82) is 0 Å². The molecule has 0 saturated carbocycles. The van der Waals surface area contributed by atoms with Crippen molar-refractivity contribution in [2.75, 3.05) is 6.54 Å². The van der Waals surface area contributed by atoms with Gasteiger partial charge in [0, 0.05) is 13.0 Å². The maximum atomic E-state index is 12.9. The molecule has 0 fully saturated rings. The number of carbonyl (C=O) groups excluding carboxylic acids is 1. The van der Waals surface area contributed by atoms with E-state index in [9.17, 15) is 14.0 Å². The molecule has 0 aromatic heterocycles. The van der Waals surface area contributed by atoms with Gasteiger partial charge in [0.25, 0.3) is 0 Å². The van der Waals surface area contributed by atoms with Gasteiger partial charge in [0.05, 0.1) is 5.92 Å². The molecule has 0 saturated heterocycles. The highest BCUT2D eigenvalue weighted by atomic mass is 19.1. The van der Waals surface area contributed by atoms with E-state index >= 15 is 0 Å². The molecule has 1 aromatic rings. The summed E-state index contributed by atoms with van der Waals surface area (Å²) in [6.07, 6.45) is 4.14. The van der Waals surface area contributed by atoms with Crippen LogP contribution in [0, 0.1) is 5.82 Å². The highest BCUT2D eigenvalue weighted by molar-refractivity contribution is 5.83. The zero-order valence-electron chi connectivity index (χ0n) is 13.0. The van der Waals surface area contributed by atoms with Crippen LogP contribution in [0.1, 0.15) is 56.9 Å². The molecule has 2 N–H and O–H groups in total. The third kappa shape index (κ3) is 6.70. The van der Waals surface area contributed by atoms with Crippen molar-refractivity contribution in [3.8, 4) is 0 Å². The Bertz CT molecular complexity index is 473. The molecule has 5 heteroatoms. The van der Waals surface area contributed by atoms with Crippen LogP contribution >= 0.6 is 0 Å². The molecular weight excluding hydrogens is 285 g/mol. The number of unbranched alkanes of at least 4 members (excludes halogenated alkanes) is 3. The third-order valence-electron chi connectivity index (χ3n) is 3.61.